The lowest BCUT2D eigenvalue weighted by atomic mass is 10.2. The highest BCUT2D eigenvalue weighted by molar-refractivity contribution is 7.85. The van der Waals surface area contributed by atoms with Gasteiger partial charge in [0.05, 0.1) is 18.4 Å². The fourth-order valence-electron chi connectivity index (χ4n) is 2.44. The van der Waals surface area contributed by atoms with Crippen LogP contribution < -0.4 is 10.6 Å². The molecule has 0 amide bonds. The van der Waals surface area contributed by atoms with Crippen LogP contribution in [0, 0.1) is 0 Å². The van der Waals surface area contributed by atoms with Gasteiger partial charge in [0, 0.05) is 11.9 Å². The molecule has 0 aliphatic heterocycles. The van der Waals surface area contributed by atoms with Crippen molar-refractivity contribution >= 4 is 27.7 Å². The van der Waals surface area contributed by atoms with Crippen molar-refractivity contribution in [2.75, 3.05) is 16.9 Å². The van der Waals surface area contributed by atoms with Crippen molar-refractivity contribution in [3.63, 3.8) is 0 Å². The maximum atomic E-state index is 13.1. The Morgan fingerprint density at radius 3 is 2.03 bits per heavy atom. The molecule has 0 aliphatic carbocycles. The molecule has 3 aromatic rings. The van der Waals surface area contributed by atoms with Crippen LogP contribution in [0.4, 0.5) is 43.9 Å². The second-order valence-corrected chi connectivity index (χ2v) is 9.14. The van der Waals surface area contributed by atoms with E-state index in [1.807, 2.05) is 0 Å². The lowest BCUT2D eigenvalue weighted by Gasteiger charge is -2.17. The third kappa shape index (κ3) is 10.0. The first kappa shape index (κ1) is 30.6. The zero-order chi connectivity index (χ0) is 28.9. The molecule has 4 N–H and O–H groups in total. The molecule has 3 aromatic heterocycles. The summed E-state index contributed by atoms with van der Waals surface area (Å²) < 4.78 is 104. The normalized spacial score (nSPS) is 13.7. The molecule has 0 saturated carbocycles. The van der Waals surface area contributed by atoms with Crippen LogP contribution in [-0.2, 0) is 22.5 Å². The molecule has 2 atom stereocenters. The fraction of sp³-hybridized carbons (Fsp3) is 0.350. The Balaban J connectivity index is 0.000000926. The molecule has 2 unspecified atom stereocenters. The Bertz CT molecular complexity index is 1350. The second-order valence-electron chi connectivity index (χ2n) is 7.67. The van der Waals surface area contributed by atoms with Crippen molar-refractivity contribution in [3.8, 4) is 11.5 Å². The van der Waals surface area contributed by atoms with Gasteiger partial charge in [-0.15, -0.1) is 0 Å². The molecule has 38 heavy (non-hydrogen) atoms. The molecule has 3 heterocycles. The van der Waals surface area contributed by atoms with E-state index < -0.39 is 46.0 Å². The third-order valence-corrected chi connectivity index (χ3v) is 4.29. The van der Waals surface area contributed by atoms with Crippen molar-refractivity contribution in [1.82, 2.24) is 24.9 Å². The number of halogens is 6. The van der Waals surface area contributed by atoms with Gasteiger partial charge >= 0.3 is 12.4 Å². The fourth-order valence-corrected chi connectivity index (χ4v) is 2.44. The number of pyridine rings is 2. The first-order valence-corrected chi connectivity index (χ1v) is 12.2. The van der Waals surface area contributed by atoms with Gasteiger partial charge in [0.15, 0.2) is 5.82 Å². The molecule has 0 spiro atoms. The van der Waals surface area contributed by atoms with Gasteiger partial charge in [-0.3, -0.25) is 9.54 Å². The van der Waals surface area contributed by atoms with E-state index in [4.69, 9.17) is 4.55 Å². The monoisotopic (exact) mass is 569 g/mol. The number of alkyl halides is 6. The highest BCUT2D eigenvalue weighted by Crippen LogP contribution is 2.31. The van der Waals surface area contributed by atoms with E-state index in [1.54, 1.807) is 6.92 Å². The minimum Gasteiger partial charge on any atom is -0.391 e. The lowest BCUT2D eigenvalue weighted by Crippen LogP contribution is -2.29. The van der Waals surface area contributed by atoms with Crippen molar-refractivity contribution in [2.45, 2.75) is 38.3 Å². The molecular formula is C20H21F6N7O4S. The average Bonchev–Trinajstić information content (AvgIpc) is 2.77. The molecule has 18 heteroatoms. The third-order valence-electron chi connectivity index (χ3n) is 4.29. The summed E-state index contributed by atoms with van der Waals surface area (Å²) in [5.74, 6) is -0.678. The number of hydrogen-bond donors (Lipinski definition) is 4. The Morgan fingerprint density at radius 2 is 1.47 bits per heavy atom. The highest BCUT2D eigenvalue weighted by Gasteiger charge is 2.33. The van der Waals surface area contributed by atoms with Gasteiger partial charge in [0.2, 0.25) is 11.9 Å². The smallest absolute Gasteiger partial charge is 0.391 e. The van der Waals surface area contributed by atoms with Crippen LogP contribution in [0.3, 0.4) is 0 Å². The maximum absolute atomic E-state index is 13.1. The largest absolute Gasteiger partial charge is 0.433 e. The Morgan fingerprint density at radius 1 is 0.895 bits per heavy atom. The molecule has 0 aromatic carbocycles. The number of nitrogens with one attached hydrogen (secondary N) is 2. The molecule has 208 valence electrons. The van der Waals surface area contributed by atoms with Crippen LogP contribution in [0.1, 0.15) is 25.2 Å². The van der Waals surface area contributed by atoms with Gasteiger partial charge < -0.3 is 15.7 Å². The first-order valence-electron chi connectivity index (χ1n) is 10.3. The summed E-state index contributed by atoms with van der Waals surface area (Å²) in [4.78, 5) is 18.8. The summed E-state index contributed by atoms with van der Waals surface area (Å²) in [5, 5.41) is 15.0. The summed E-state index contributed by atoms with van der Waals surface area (Å²) in [6.45, 7) is 3.09. The van der Waals surface area contributed by atoms with E-state index >= 15 is 0 Å². The van der Waals surface area contributed by atoms with Crippen LogP contribution in [0.2, 0.25) is 0 Å². The van der Waals surface area contributed by atoms with E-state index in [-0.39, 0.29) is 29.1 Å². The van der Waals surface area contributed by atoms with Gasteiger partial charge in [0.1, 0.15) is 17.1 Å². The van der Waals surface area contributed by atoms with Gasteiger partial charge in [0.25, 0.3) is 10.1 Å². The van der Waals surface area contributed by atoms with Crippen LogP contribution in [0.25, 0.3) is 11.5 Å². The Kier molecular flexibility index (Phi) is 9.51. The number of aliphatic hydroxyl groups excluding tert-OH is 1. The number of rotatable bonds is 6. The topological polar surface area (TPSA) is 163 Å². The summed E-state index contributed by atoms with van der Waals surface area (Å²) in [5.41, 5.74) is -2.65. The molecule has 0 fully saturated rings. The maximum Gasteiger partial charge on any atom is 0.433 e. The van der Waals surface area contributed by atoms with E-state index in [0.717, 1.165) is 24.4 Å². The molecule has 3 rings (SSSR count). The van der Waals surface area contributed by atoms with Gasteiger partial charge in [-0.05, 0) is 38.1 Å². The van der Waals surface area contributed by atoms with E-state index in [1.165, 1.54) is 19.1 Å². The van der Waals surface area contributed by atoms with E-state index in [9.17, 15) is 39.9 Å². The minimum atomic E-state index is -4.71. The molecule has 0 radical (unpaired) electrons. The molecular weight excluding hydrogens is 548 g/mol. The van der Waals surface area contributed by atoms with Crippen LogP contribution in [0.5, 0.6) is 0 Å². The number of anilines is 3. The number of hydrogen-bond acceptors (Lipinski definition) is 10. The first-order chi connectivity index (χ1) is 17.3. The van der Waals surface area contributed by atoms with Crippen molar-refractivity contribution in [3.05, 3.63) is 47.9 Å². The van der Waals surface area contributed by atoms with Gasteiger partial charge in [-0.1, -0.05) is 6.07 Å². The van der Waals surface area contributed by atoms with Gasteiger partial charge in [-0.2, -0.15) is 49.7 Å². The van der Waals surface area contributed by atoms with Crippen molar-refractivity contribution in [1.29, 1.82) is 0 Å². The number of aromatic nitrogens is 5. The molecule has 11 nitrogen and oxygen atoms in total. The van der Waals surface area contributed by atoms with Crippen molar-refractivity contribution < 1.29 is 44.4 Å². The molecule has 0 bridgehead atoms. The highest BCUT2D eigenvalue weighted by atomic mass is 32.2. The zero-order valence-corrected chi connectivity index (χ0v) is 20.6. The zero-order valence-electron chi connectivity index (χ0n) is 19.7. The summed E-state index contributed by atoms with van der Waals surface area (Å²) >= 11 is 0. The Hall–Kier alpha value is -3.64. The summed E-state index contributed by atoms with van der Waals surface area (Å²) in [7, 11) is -3.67. The SMILES string of the molecule is CC(O)C(C)Nc1nc(Nc2ccnc(C(F)(F)F)c2)nc(-c2cccc(C(F)(F)F)n2)n1.CS(=O)(=O)O. The van der Waals surface area contributed by atoms with Crippen LogP contribution >= 0.6 is 0 Å². The predicted octanol–water partition coefficient (Wildman–Crippen LogP) is 3.80. The lowest BCUT2D eigenvalue weighted by molar-refractivity contribution is -0.141. The summed E-state index contributed by atoms with van der Waals surface area (Å²) in [6.07, 6.45) is -8.60. The van der Waals surface area contributed by atoms with Gasteiger partial charge in [-0.25, -0.2) is 4.98 Å². The summed E-state index contributed by atoms with van der Waals surface area (Å²) in [6, 6.07) is 4.51. The minimum absolute atomic E-state index is 0.0685. The Labute approximate surface area is 212 Å². The van der Waals surface area contributed by atoms with Crippen LogP contribution in [0.15, 0.2) is 36.5 Å². The standard InChI is InChI=1S/C19H17F6N7O.CH4O3S/c1-9(10(2)33)27-16-30-15(12-4-3-5-13(29-12)18(20,21)22)31-17(32-16)28-11-6-7-26-14(8-11)19(23,24)25;1-5(2,3)4/h3-10,33H,1-2H3,(H2,26,27,28,30,31,32);1H3,(H,2,3,4). The predicted molar refractivity (Wildman–Crippen MR) is 123 cm³/mol. The average molecular weight is 569 g/mol. The number of aliphatic hydroxyl groups is 1. The van der Waals surface area contributed by atoms with Crippen LogP contribution in [-0.4, -0.2) is 61.4 Å². The van der Waals surface area contributed by atoms with E-state index in [2.05, 4.69) is 35.6 Å². The quantitative estimate of drug-likeness (QED) is 0.252. The number of nitrogens with zero attached hydrogens (tertiary/aromatic N) is 5. The van der Waals surface area contributed by atoms with Crippen molar-refractivity contribution in [2.24, 2.45) is 0 Å². The molecule has 0 aliphatic rings. The van der Waals surface area contributed by atoms with E-state index in [0.29, 0.717) is 6.26 Å². The molecule has 0 saturated heterocycles. The second kappa shape index (κ2) is 11.8.